The average Bonchev–Trinajstić information content (AvgIpc) is 3.25. The number of hydrogen-bond donors (Lipinski definition) is 0. The molecule has 8 rings (SSSR count). The van der Waals surface area contributed by atoms with Gasteiger partial charge in [-0.25, -0.2) is 0 Å². The molecule has 33 heavy (non-hydrogen) atoms. The largest absolute Gasteiger partial charge is 0.456 e. The number of para-hydroxylation sites is 1. The van der Waals surface area contributed by atoms with Crippen molar-refractivity contribution in [1.82, 2.24) is 0 Å². The maximum Gasteiger partial charge on any atom is 0.136 e. The topological polar surface area (TPSA) is 13.1 Å². The Morgan fingerprint density at radius 1 is 0.364 bits per heavy atom. The van der Waals surface area contributed by atoms with Crippen LogP contribution in [0.3, 0.4) is 0 Å². The Labute approximate surface area is 189 Å². The highest BCUT2D eigenvalue weighted by atomic mass is 16.3. The molecule has 0 saturated heterocycles. The summed E-state index contributed by atoms with van der Waals surface area (Å²) < 4.78 is 6.35. The molecule has 0 spiro atoms. The highest BCUT2D eigenvalue weighted by molar-refractivity contribution is 6.28. The van der Waals surface area contributed by atoms with Crippen LogP contribution >= 0.6 is 0 Å². The number of benzene rings is 7. The van der Waals surface area contributed by atoms with E-state index in [0.717, 1.165) is 11.2 Å². The number of fused-ring (bicyclic) bond motifs is 5. The van der Waals surface area contributed by atoms with E-state index in [2.05, 4.69) is 103 Å². The fraction of sp³-hybridized carbons (Fsp3) is 0. The Hall–Kier alpha value is -4.36. The molecule has 0 aliphatic carbocycles. The molecule has 7 aromatic carbocycles. The van der Waals surface area contributed by atoms with Crippen LogP contribution in [0.4, 0.5) is 0 Å². The van der Waals surface area contributed by atoms with Crippen LogP contribution in [0.5, 0.6) is 0 Å². The summed E-state index contributed by atoms with van der Waals surface area (Å²) in [4.78, 5) is 0. The minimum Gasteiger partial charge on any atom is -0.456 e. The van der Waals surface area contributed by atoms with Crippen molar-refractivity contribution in [3.63, 3.8) is 0 Å². The SMILES string of the molecule is c1cc2ccc3ccc(-c4cc5oc6ccccc6c5c5ccccc45)c4ccc(c1)c2c34. The van der Waals surface area contributed by atoms with Crippen LogP contribution in [-0.2, 0) is 0 Å². The van der Waals surface area contributed by atoms with Crippen molar-refractivity contribution < 1.29 is 4.42 Å². The lowest BCUT2D eigenvalue weighted by Gasteiger charge is -2.15. The van der Waals surface area contributed by atoms with Crippen molar-refractivity contribution >= 4 is 65.0 Å². The lowest BCUT2D eigenvalue weighted by molar-refractivity contribution is 0.669. The second-order valence-corrected chi connectivity index (χ2v) is 8.91. The van der Waals surface area contributed by atoms with Gasteiger partial charge in [-0.3, -0.25) is 0 Å². The summed E-state index contributed by atoms with van der Waals surface area (Å²) in [5.74, 6) is 0. The number of hydrogen-bond acceptors (Lipinski definition) is 1. The van der Waals surface area contributed by atoms with Gasteiger partial charge < -0.3 is 4.42 Å². The molecule has 1 heteroatoms. The highest BCUT2D eigenvalue weighted by Crippen LogP contribution is 2.44. The summed E-state index contributed by atoms with van der Waals surface area (Å²) in [6.45, 7) is 0. The normalized spacial score (nSPS) is 12.2. The maximum atomic E-state index is 6.35. The van der Waals surface area contributed by atoms with Crippen molar-refractivity contribution in [1.29, 1.82) is 0 Å². The second kappa shape index (κ2) is 6.11. The summed E-state index contributed by atoms with van der Waals surface area (Å²) in [5, 5.41) is 12.7. The standard InChI is InChI=1S/C32H18O/c1-2-9-24-22(8-1)27(18-29-32(24)26-10-3-4-11-28(26)33-29)23-16-14-21-13-12-19-6-5-7-20-15-17-25(23)31(21)30(19)20/h1-18H. The van der Waals surface area contributed by atoms with Gasteiger partial charge in [0.2, 0.25) is 0 Å². The molecule has 0 aliphatic heterocycles. The molecule has 152 valence electrons. The minimum absolute atomic E-state index is 0.935. The van der Waals surface area contributed by atoms with Gasteiger partial charge in [0.15, 0.2) is 0 Å². The Bertz CT molecular complexity index is 2010. The van der Waals surface area contributed by atoms with Gasteiger partial charge in [0.25, 0.3) is 0 Å². The third-order valence-electron chi connectivity index (χ3n) is 7.20. The summed E-state index contributed by atoms with van der Waals surface area (Å²) in [5.41, 5.74) is 4.34. The van der Waals surface area contributed by atoms with Gasteiger partial charge in [-0.15, -0.1) is 0 Å². The van der Waals surface area contributed by atoms with E-state index < -0.39 is 0 Å². The van der Waals surface area contributed by atoms with Crippen LogP contribution in [0.15, 0.2) is 114 Å². The molecule has 0 radical (unpaired) electrons. The molecule has 1 nitrogen and oxygen atoms in total. The van der Waals surface area contributed by atoms with Crippen molar-refractivity contribution in [2.24, 2.45) is 0 Å². The fourth-order valence-corrected chi connectivity index (χ4v) is 5.78. The molecule has 8 aromatic rings. The van der Waals surface area contributed by atoms with Gasteiger partial charge in [-0.2, -0.15) is 0 Å². The van der Waals surface area contributed by atoms with Crippen LogP contribution in [0.25, 0.3) is 76.2 Å². The van der Waals surface area contributed by atoms with Gasteiger partial charge in [0.05, 0.1) is 0 Å². The van der Waals surface area contributed by atoms with Gasteiger partial charge in [-0.05, 0) is 66.3 Å². The summed E-state index contributed by atoms with van der Waals surface area (Å²) >= 11 is 0. The first-order chi connectivity index (χ1) is 16.4. The fourth-order valence-electron chi connectivity index (χ4n) is 5.78. The van der Waals surface area contributed by atoms with Crippen LogP contribution in [0.1, 0.15) is 0 Å². The van der Waals surface area contributed by atoms with Crippen LogP contribution in [0, 0.1) is 0 Å². The molecule has 0 N–H and O–H groups in total. The monoisotopic (exact) mass is 418 g/mol. The Morgan fingerprint density at radius 3 is 1.88 bits per heavy atom. The van der Waals surface area contributed by atoms with E-state index in [1.165, 1.54) is 65.0 Å². The van der Waals surface area contributed by atoms with E-state index in [4.69, 9.17) is 4.42 Å². The summed E-state index contributed by atoms with van der Waals surface area (Å²) in [6, 6.07) is 39.4. The molecule has 0 amide bonds. The van der Waals surface area contributed by atoms with E-state index in [0.29, 0.717) is 0 Å². The first-order valence-electron chi connectivity index (χ1n) is 11.4. The van der Waals surface area contributed by atoms with Crippen LogP contribution in [-0.4, -0.2) is 0 Å². The Balaban J connectivity index is 1.57. The quantitative estimate of drug-likeness (QED) is 0.242. The summed E-state index contributed by atoms with van der Waals surface area (Å²) in [7, 11) is 0. The molecule has 0 fully saturated rings. The zero-order valence-electron chi connectivity index (χ0n) is 17.8. The maximum absolute atomic E-state index is 6.35. The Morgan fingerprint density at radius 2 is 1.03 bits per heavy atom. The van der Waals surface area contributed by atoms with Gasteiger partial charge >= 0.3 is 0 Å². The molecule has 0 bridgehead atoms. The van der Waals surface area contributed by atoms with Crippen molar-refractivity contribution in [3.05, 3.63) is 109 Å². The molecule has 0 unspecified atom stereocenters. The van der Waals surface area contributed by atoms with E-state index in [9.17, 15) is 0 Å². The molecular weight excluding hydrogens is 400 g/mol. The van der Waals surface area contributed by atoms with Gasteiger partial charge in [0.1, 0.15) is 11.2 Å². The van der Waals surface area contributed by atoms with Gasteiger partial charge in [0, 0.05) is 10.8 Å². The first kappa shape index (κ1) is 17.2. The van der Waals surface area contributed by atoms with Crippen LogP contribution in [0.2, 0.25) is 0 Å². The molecular formula is C32H18O. The molecule has 0 aliphatic rings. The minimum atomic E-state index is 0.935. The first-order valence-corrected chi connectivity index (χ1v) is 11.4. The highest BCUT2D eigenvalue weighted by Gasteiger charge is 2.17. The van der Waals surface area contributed by atoms with Crippen molar-refractivity contribution in [3.8, 4) is 11.1 Å². The predicted molar refractivity (Wildman–Crippen MR) is 140 cm³/mol. The zero-order chi connectivity index (χ0) is 21.5. The molecule has 1 heterocycles. The number of rotatable bonds is 1. The molecule has 0 atom stereocenters. The lowest BCUT2D eigenvalue weighted by atomic mass is 9.88. The smallest absolute Gasteiger partial charge is 0.136 e. The molecule has 0 saturated carbocycles. The van der Waals surface area contributed by atoms with Crippen LogP contribution < -0.4 is 0 Å². The van der Waals surface area contributed by atoms with E-state index in [1.807, 2.05) is 6.07 Å². The van der Waals surface area contributed by atoms with E-state index in [-0.39, 0.29) is 0 Å². The predicted octanol–water partition coefficient (Wildman–Crippen LogP) is 9.30. The lowest BCUT2D eigenvalue weighted by Crippen LogP contribution is -1.88. The van der Waals surface area contributed by atoms with Crippen molar-refractivity contribution in [2.45, 2.75) is 0 Å². The second-order valence-electron chi connectivity index (χ2n) is 8.91. The zero-order valence-corrected chi connectivity index (χ0v) is 17.8. The Kier molecular flexibility index (Phi) is 3.19. The average molecular weight is 418 g/mol. The third-order valence-corrected chi connectivity index (χ3v) is 7.20. The third kappa shape index (κ3) is 2.21. The molecule has 1 aromatic heterocycles. The van der Waals surface area contributed by atoms with E-state index in [1.54, 1.807) is 0 Å². The van der Waals surface area contributed by atoms with Crippen molar-refractivity contribution in [2.75, 3.05) is 0 Å². The van der Waals surface area contributed by atoms with Gasteiger partial charge in [-0.1, -0.05) is 97.1 Å². The summed E-state index contributed by atoms with van der Waals surface area (Å²) in [6.07, 6.45) is 0. The number of furan rings is 1. The van der Waals surface area contributed by atoms with E-state index >= 15 is 0 Å².